The largest absolute Gasteiger partial charge is 0.406 e. The second-order valence-corrected chi connectivity index (χ2v) is 3.24. The van der Waals surface area contributed by atoms with Gasteiger partial charge in [-0.1, -0.05) is 0 Å². The van der Waals surface area contributed by atoms with E-state index in [1.165, 1.54) is 6.33 Å². The lowest BCUT2D eigenvalue weighted by Gasteiger charge is -2.11. The molecule has 0 bridgehead atoms. The van der Waals surface area contributed by atoms with Gasteiger partial charge >= 0.3 is 5.82 Å². The quantitative estimate of drug-likeness (QED) is 0.457. The predicted octanol–water partition coefficient (Wildman–Crippen LogP) is 1.15. The monoisotopic (exact) mass is 208 g/mol. The SMILES string of the molecule is C#CCC(C)Nc1c([N+](=O)[O-])ncn1C. The number of rotatable bonds is 4. The number of nitro groups is 1. The van der Waals surface area contributed by atoms with Crippen LogP contribution in [0.4, 0.5) is 11.6 Å². The Kier molecular flexibility index (Phi) is 3.29. The van der Waals surface area contributed by atoms with Crippen molar-refractivity contribution < 1.29 is 4.92 Å². The minimum atomic E-state index is -0.523. The van der Waals surface area contributed by atoms with E-state index in [4.69, 9.17) is 6.42 Å². The van der Waals surface area contributed by atoms with Crippen molar-refractivity contribution in [1.29, 1.82) is 0 Å². The third kappa shape index (κ3) is 2.47. The van der Waals surface area contributed by atoms with E-state index >= 15 is 0 Å². The molecule has 0 aliphatic rings. The van der Waals surface area contributed by atoms with Crippen molar-refractivity contribution in [3.63, 3.8) is 0 Å². The molecule has 1 heterocycles. The van der Waals surface area contributed by atoms with Crippen LogP contribution in [0.1, 0.15) is 13.3 Å². The van der Waals surface area contributed by atoms with Crippen molar-refractivity contribution in [3.05, 3.63) is 16.4 Å². The number of terminal acetylenes is 1. The molecule has 1 aromatic heterocycles. The molecule has 1 atom stereocenters. The number of aryl methyl sites for hydroxylation is 1. The summed E-state index contributed by atoms with van der Waals surface area (Å²) in [6.07, 6.45) is 7.04. The molecule has 0 aliphatic carbocycles. The van der Waals surface area contributed by atoms with Crippen LogP contribution in [0.15, 0.2) is 6.33 Å². The van der Waals surface area contributed by atoms with E-state index in [1.807, 2.05) is 6.92 Å². The van der Waals surface area contributed by atoms with Crippen molar-refractivity contribution in [1.82, 2.24) is 9.55 Å². The minimum absolute atomic E-state index is 0.0240. The van der Waals surface area contributed by atoms with Crippen molar-refractivity contribution in [3.8, 4) is 12.3 Å². The highest BCUT2D eigenvalue weighted by atomic mass is 16.6. The van der Waals surface area contributed by atoms with Gasteiger partial charge in [0.2, 0.25) is 12.1 Å². The van der Waals surface area contributed by atoms with E-state index in [2.05, 4.69) is 16.2 Å². The number of imidazole rings is 1. The highest BCUT2D eigenvalue weighted by Crippen LogP contribution is 2.21. The lowest BCUT2D eigenvalue weighted by Crippen LogP contribution is -2.17. The highest BCUT2D eigenvalue weighted by Gasteiger charge is 2.20. The molecule has 15 heavy (non-hydrogen) atoms. The second kappa shape index (κ2) is 4.46. The summed E-state index contributed by atoms with van der Waals surface area (Å²) in [5, 5.41) is 13.6. The van der Waals surface area contributed by atoms with Crippen LogP contribution in [-0.4, -0.2) is 20.5 Å². The fourth-order valence-corrected chi connectivity index (χ4v) is 1.18. The zero-order valence-corrected chi connectivity index (χ0v) is 8.60. The van der Waals surface area contributed by atoms with Crippen molar-refractivity contribution in [2.75, 3.05) is 5.32 Å². The van der Waals surface area contributed by atoms with Crippen LogP contribution in [0.2, 0.25) is 0 Å². The molecule has 1 unspecified atom stereocenters. The van der Waals surface area contributed by atoms with Crippen LogP contribution in [-0.2, 0) is 7.05 Å². The summed E-state index contributed by atoms with van der Waals surface area (Å²) >= 11 is 0. The van der Waals surface area contributed by atoms with Crippen molar-refractivity contribution in [2.24, 2.45) is 7.05 Å². The van der Waals surface area contributed by atoms with Crippen LogP contribution in [0.3, 0.4) is 0 Å². The van der Waals surface area contributed by atoms with Gasteiger partial charge in [0.25, 0.3) is 0 Å². The Morgan fingerprint density at radius 2 is 2.53 bits per heavy atom. The van der Waals surface area contributed by atoms with Gasteiger partial charge in [0.05, 0.1) is 0 Å². The Labute approximate surface area is 87.5 Å². The fraction of sp³-hybridized carbons (Fsp3) is 0.444. The summed E-state index contributed by atoms with van der Waals surface area (Å²) in [5.74, 6) is 2.68. The maximum absolute atomic E-state index is 10.6. The van der Waals surface area contributed by atoms with E-state index in [-0.39, 0.29) is 11.9 Å². The molecule has 0 fully saturated rings. The Balaban J connectivity index is 2.88. The maximum Gasteiger partial charge on any atom is 0.406 e. The van der Waals surface area contributed by atoms with Gasteiger partial charge in [-0.25, -0.2) is 0 Å². The number of nitrogens with one attached hydrogen (secondary N) is 1. The third-order valence-electron chi connectivity index (χ3n) is 1.90. The Bertz CT molecular complexity index is 405. The summed E-state index contributed by atoms with van der Waals surface area (Å²) in [6.45, 7) is 1.86. The predicted molar refractivity (Wildman–Crippen MR) is 56.4 cm³/mol. The summed E-state index contributed by atoms with van der Waals surface area (Å²) in [5.41, 5.74) is 0. The number of hydrogen-bond donors (Lipinski definition) is 1. The first-order valence-electron chi connectivity index (χ1n) is 4.42. The molecule has 1 aromatic rings. The second-order valence-electron chi connectivity index (χ2n) is 3.24. The highest BCUT2D eigenvalue weighted by molar-refractivity contribution is 5.52. The average Bonchev–Trinajstić information content (AvgIpc) is 2.48. The first-order valence-corrected chi connectivity index (χ1v) is 4.42. The Morgan fingerprint density at radius 3 is 3.07 bits per heavy atom. The first kappa shape index (κ1) is 11.0. The van der Waals surface area contributed by atoms with E-state index in [9.17, 15) is 10.1 Å². The molecule has 0 saturated heterocycles. The summed E-state index contributed by atoms with van der Waals surface area (Å²) in [4.78, 5) is 13.8. The number of anilines is 1. The molecule has 0 amide bonds. The molecule has 80 valence electrons. The molecule has 0 aromatic carbocycles. The molecule has 6 heteroatoms. The average molecular weight is 208 g/mol. The molecule has 0 radical (unpaired) electrons. The molecule has 0 aliphatic heterocycles. The summed E-state index contributed by atoms with van der Waals surface area (Å²) in [6, 6.07) is -0.0240. The van der Waals surface area contributed by atoms with Crippen molar-refractivity contribution >= 4 is 11.6 Å². The molecular formula is C9H12N4O2. The molecule has 0 saturated carbocycles. The van der Waals surface area contributed by atoms with Crippen LogP contribution in [0.25, 0.3) is 0 Å². The fourth-order valence-electron chi connectivity index (χ4n) is 1.18. The van der Waals surface area contributed by atoms with Gasteiger partial charge in [-0.2, -0.15) is 0 Å². The summed E-state index contributed by atoms with van der Waals surface area (Å²) < 4.78 is 1.56. The zero-order chi connectivity index (χ0) is 11.4. The smallest absolute Gasteiger partial charge is 0.361 e. The van der Waals surface area contributed by atoms with Crippen molar-refractivity contribution in [2.45, 2.75) is 19.4 Å². The maximum atomic E-state index is 10.6. The molecule has 0 spiro atoms. The van der Waals surface area contributed by atoms with Crippen LogP contribution >= 0.6 is 0 Å². The first-order chi connectivity index (χ1) is 7.06. The third-order valence-corrected chi connectivity index (χ3v) is 1.90. The standard InChI is InChI=1S/C9H12N4O2/c1-4-5-7(2)11-9-8(13(14)15)10-6-12(9)3/h1,6-7,11H,5H2,2-3H3. The number of hydrogen-bond acceptors (Lipinski definition) is 4. The lowest BCUT2D eigenvalue weighted by atomic mass is 10.2. The molecular weight excluding hydrogens is 196 g/mol. The number of aromatic nitrogens is 2. The Morgan fingerprint density at radius 1 is 1.87 bits per heavy atom. The number of nitrogens with zero attached hydrogens (tertiary/aromatic N) is 3. The van der Waals surface area contributed by atoms with Gasteiger partial charge in [0, 0.05) is 19.5 Å². The molecule has 1 N–H and O–H groups in total. The van der Waals surface area contributed by atoms with Gasteiger partial charge in [0.15, 0.2) is 0 Å². The van der Waals surface area contributed by atoms with Gasteiger partial charge in [-0.3, -0.25) is 4.57 Å². The lowest BCUT2D eigenvalue weighted by molar-refractivity contribution is -0.388. The van der Waals surface area contributed by atoms with Gasteiger partial charge < -0.3 is 15.4 Å². The molecule has 1 rings (SSSR count). The normalized spacial score (nSPS) is 11.8. The molecule has 6 nitrogen and oxygen atoms in total. The van der Waals surface area contributed by atoms with E-state index in [0.717, 1.165) is 0 Å². The van der Waals surface area contributed by atoms with Gasteiger partial charge in [-0.05, 0) is 16.8 Å². The van der Waals surface area contributed by atoms with Crippen LogP contribution in [0.5, 0.6) is 0 Å². The van der Waals surface area contributed by atoms with Gasteiger partial charge in [0.1, 0.15) is 0 Å². The van der Waals surface area contributed by atoms with Crippen LogP contribution < -0.4 is 5.32 Å². The topological polar surface area (TPSA) is 73.0 Å². The summed E-state index contributed by atoms with van der Waals surface area (Å²) in [7, 11) is 1.69. The van der Waals surface area contributed by atoms with E-state index in [1.54, 1.807) is 11.6 Å². The van der Waals surface area contributed by atoms with E-state index in [0.29, 0.717) is 12.2 Å². The Hall–Kier alpha value is -2.03. The van der Waals surface area contributed by atoms with E-state index < -0.39 is 4.92 Å². The van der Waals surface area contributed by atoms with Crippen LogP contribution in [0, 0.1) is 22.5 Å². The minimum Gasteiger partial charge on any atom is -0.361 e. The zero-order valence-electron chi connectivity index (χ0n) is 8.60. The van der Waals surface area contributed by atoms with Gasteiger partial charge in [-0.15, -0.1) is 12.3 Å².